The second-order valence-corrected chi connectivity index (χ2v) is 6.92. The summed E-state index contributed by atoms with van der Waals surface area (Å²) in [5.41, 5.74) is 0.565. The highest BCUT2D eigenvalue weighted by molar-refractivity contribution is 7.99. The Balaban J connectivity index is 1.60. The zero-order valence-electron chi connectivity index (χ0n) is 15.3. The highest BCUT2D eigenvalue weighted by Crippen LogP contribution is 2.18. The smallest absolute Gasteiger partial charge is 0.409 e. The van der Waals surface area contributed by atoms with Crippen LogP contribution in [0.3, 0.4) is 0 Å². The number of hydrogen-bond acceptors (Lipinski definition) is 7. The van der Waals surface area contributed by atoms with Crippen LogP contribution in [-0.4, -0.2) is 79.9 Å². The van der Waals surface area contributed by atoms with Gasteiger partial charge >= 0.3 is 6.09 Å². The van der Waals surface area contributed by atoms with Crippen molar-refractivity contribution in [3.05, 3.63) is 22.1 Å². The zero-order chi connectivity index (χ0) is 19.4. The zero-order valence-corrected chi connectivity index (χ0v) is 16.1. The van der Waals surface area contributed by atoms with E-state index in [1.165, 1.54) is 17.8 Å². The first-order valence-corrected chi connectivity index (χ1v) is 9.81. The van der Waals surface area contributed by atoms with E-state index in [-0.39, 0.29) is 23.3 Å². The van der Waals surface area contributed by atoms with Crippen molar-refractivity contribution in [1.82, 2.24) is 29.4 Å². The summed E-state index contributed by atoms with van der Waals surface area (Å²) in [6.45, 7) is 5.93. The molecule has 3 rings (SSSR count). The number of hydrogen-bond donors (Lipinski definition) is 1. The third-order valence-corrected chi connectivity index (χ3v) is 5.21. The molecule has 2 amide bonds. The van der Waals surface area contributed by atoms with Crippen molar-refractivity contribution in [2.24, 2.45) is 0 Å². The van der Waals surface area contributed by atoms with Crippen LogP contribution in [0.5, 0.6) is 0 Å². The van der Waals surface area contributed by atoms with Gasteiger partial charge in [0.2, 0.25) is 11.7 Å². The van der Waals surface area contributed by atoms with Gasteiger partial charge in [-0.25, -0.2) is 4.79 Å². The van der Waals surface area contributed by atoms with Crippen LogP contribution in [0.25, 0.3) is 5.78 Å². The Morgan fingerprint density at radius 2 is 1.89 bits per heavy atom. The molecule has 0 aromatic carbocycles. The summed E-state index contributed by atoms with van der Waals surface area (Å²) < 4.78 is 6.74. The van der Waals surface area contributed by atoms with Crippen molar-refractivity contribution >= 4 is 29.5 Å². The Morgan fingerprint density at radius 1 is 1.19 bits per heavy atom. The number of aromatic amines is 1. The number of ether oxygens (including phenoxy) is 1. The van der Waals surface area contributed by atoms with E-state index in [0.29, 0.717) is 50.1 Å². The molecule has 11 heteroatoms. The Labute approximate surface area is 159 Å². The summed E-state index contributed by atoms with van der Waals surface area (Å²) in [5.74, 6) is 0.558. The lowest BCUT2D eigenvalue weighted by molar-refractivity contribution is -0.129. The lowest BCUT2D eigenvalue weighted by atomic mass is 10.3. The third kappa shape index (κ3) is 4.24. The van der Waals surface area contributed by atoms with Gasteiger partial charge in [-0.15, -0.1) is 10.2 Å². The number of rotatable bonds is 5. The first-order chi connectivity index (χ1) is 13.0. The van der Waals surface area contributed by atoms with E-state index in [2.05, 4.69) is 15.2 Å². The van der Waals surface area contributed by atoms with Gasteiger partial charge in [-0.2, -0.15) is 0 Å². The van der Waals surface area contributed by atoms with Crippen molar-refractivity contribution < 1.29 is 14.3 Å². The number of carbonyl (C=O) groups excluding carboxylic acids is 2. The molecular weight excluding hydrogens is 372 g/mol. The Morgan fingerprint density at radius 3 is 2.56 bits per heavy atom. The van der Waals surface area contributed by atoms with Gasteiger partial charge in [0, 0.05) is 37.9 Å². The second kappa shape index (κ2) is 8.42. The molecule has 1 aliphatic heterocycles. The minimum absolute atomic E-state index is 0.0252. The number of nitrogens with one attached hydrogen (secondary N) is 1. The summed E-state index contributed by atoms with van der Waals surface area (Å²) >= 11 is 1.28. The van der Waals surface area contributed by atoms with Gasteiger partial charge < -0.3 is 14.5 Å². The van der Waals surface area contributed by atoms with Crippen molar-refractivity contribution in [2.75, 3.05) is 38.5 Å². The van der Waals surface area contributed by atoms with Gasteiger partial charge in [0.1, 0.15) is 0 Å². The Bertz CT molecular complexity index is 887. The van der Waals surface area contributed by atoms with E-state index in [9.17, 15) is 14.4 Å². The standard InChI is InChI=1S/C16H22N6O4S/c1-3-11-9-12(23)17-14-18-19-15(22(11)14)27-10-13(24)20-5-7-21(8-6-20)16(25)26-4-2/h9H,3-8,10H2,1-2H3,(H,17,18,23). The monoisotopic (exact) mass is 394 g/mol. The third-order valence-electron chi connectivity index (χ3n) is 4.30. The number of carbonyl (C=O) groups is 2. The first kappa shape index (κ1) is 19.2. The van der Waals surface area contributed by atoms with Crippen LogP contribution < -0.4 is 5.56 Å². The number of fused-ring (bicyclic) bond motifs is 1. The topological polar surface area (TPSA) is 113 Å². The first-order valence-electron chi connectivity index (χ1n) is 8.83. The molecule has 1 saturated heterocycles. The normalized spacial score (nSPS) is 14.6. The fourth-order valence-electron chi connectivity index (χ4n) is 2.90. The molecule has 0 spiro atoms. The molecule has 0 saturated carbocycles. The summed E-state index contributed by atoms with van der Waals surface area (Å²) in [7, 11) is 0. The maximum atomic E-state index is 12.5. The fraction of sp³-hybridized carbons (Fsp3) is 0.562. The Hall–Kier alpha value is -2.56. The lowest BCUT2D eigenvalue weighted by Gasteiger charge is -2.34. The maximum Gasteiger partial charge on any atom is 0.409 e. The number of thioether (sulfide) groups is 1. The number of nitrogens with zero attached hydrogens (tertiary/aromatic N) is 5. The van der Waals surface area contributed by atoms with E-state index >= 15 is 0 Å². The quantitative estimate of drug-likeness (QED) is 0.729. The average Bonchev–Trinajstić information content (AvgIpc) is 3.08. The van der Waals surface area contributed by atoms with Crippen LogP contribution in [0.4, 0.5) is 4.79 Å². The molecule has 10 nitrogen and oxygen atoms in total. The molecule has 1 fully saturated rings. The molecule has 1 aliphatic rings. The van der Waals surface area contributed by atoms with Crippen LogP contribution >= 0.6 is 11.8 Å². The predicted octanol–water partition coefficient (Wildman–Crippen LogP) is 0.373. The summed E-state index contributed by atoms with van der Waals surface area (Å²) in [6, 6.07) is 1.51. The number of amides is 2. The molecule has 2 aromatic heterocycles. The molecular formula is C16H22N6O4S. The van der Waals surface area contributed by atoms with Gasteiger partial charge in [-0.05, 0) is 13.3 Å². The van der Waals surface area contributed by atoms with E-state index in [4.69, 9.17) is 4.74 Å². The Kier molecular flexibility index (Phi) is 5.99. The van der Waals surface area contributed by atoms with Crippen LogP contribution in [-0.2, 0) is 16.0 Å². The lowest BCUT2D eigenvalue weighted by Crippen LogP contribution is -2.51. The SMILES string of the molecule is CCOC(=O)N1CCN(C(=O)CSc2nnc3[nH]c(=O)cc(CC)n23)CC1. The maximum absolute atomic E-state index is 12.5. The van der Waals surface area contributed by atoms with Crippen LogP contribution in [0, 0.1) is 0 Å². The molecule has 0 unspecified atom stereocenters. The summed E-state index contributed by atoms with van der Waals surface area (Å²) in [4.78, 5) is 41.8. The van der Waals surface area contributed by atoms with E-state index in [1.54, 1.807) is 21.1 Å². The molecule has 27 heavy (non-hydrogen) atoms. The second-order valence-electron chi connectivity index (χ2n) is 5.98. The molecule has 3 heterocycles. The van der Waals surface area contributed by atoms with Crippen LogP contribution in [0.2, 0.25) is 0 Å². The molecule has 1 N–H and O–H groups in total. The number of H-pyrrole nitrogens is 1. The van der Waals surface area contributed by atoms with Crippen molar-refractivity contribution in [3.8, 4) is 0 Å². The van der Waals surface area contributed by atoms with Gasteiger partial charge in [0.25, 0.3) is 5.56 Å². The van der Waals surface area contributed by atoms with Crippen LogP contribution in [0.1, 0.15) is 19.5 Å². The van der Waals surface area contributed by atoms with Gasteiger partial charge in [-0.1, -0.05) is 18.7 Å². The van der Waals surface area contributed by atoms with Crippen molar-refractivity contribution in [1.29, 1.82) is 0 Å². The highest BCUT2D eigenvalue weighted by atomic mass is 32.2. The molecule has 0 atom stereocenters. The number of aromatic nitrogens is 4. The number of aryl methyl sites for hydroxylation is 1. The molecule has 146 valence electrons. The van der Waals surface area contributed by atoms with Gasteiger partial charge in [-0.3, -0.25) is 19.0 Å². The van der Waals surface area contributed by atoms with Gasteiger partial charge in [0.15, 0.2) is 5.16 Å². The molecule has 0 bridgehead atoms. The minimum Gasteiger partial charge on any atom is -0.450 e. The van der Waals surface area contributed by atoms with E-state index < -0.39 is 0 Å². The van der Waals surface area contributed by atoms with Crippen molar-refractivity contribution in [3.63, 3.8) is 0 Å². The van der Waals surface area contributed by atoms with Gasteiger partial charge in [0.05, 0.1) is 12.4 Å². The van der Waals surface area contributed by atoms with E-state index in [0.717, 1.165) is 5.69 Å². The highest BCUT2D eigenvalue weighted by Gasteiger charge is 2.25. The predicted molar refractivity (Wildman–Crippen MR) is 98.9 cm³/mol. The fourth-order valence-corrected chi connectivity index (χ4v) is 3.76. The molecule has 0 aliphatic carbocycles. The van der Waals surface area contributed by atoms with Crippen molar-refractivity contribution in [2.45, 2.75) is 25.4 Å². The number of piperazine rings is 1. The van der Waals surface area contributed by atoms with Crippen LogP contribution in [0.15, 0.2) is 16.0 Å². The molecule has 2 aromatic rings. The minimum atomic E-state index is -0.338. The average molecular weight is 394 g/mol. The summed E-state index contributed by atoms with van der Waals surface area (Å²) in [5, 5.41) is 8.63. The van der Waals surface area contributed by atoms with E-state index in [1.807, 2.05) is 6.92 Å². The summed E-state index contributed by atoms with van der Waals surface area (Å²) in [6.07, 6.45) is 0.311. The molecule has 0 radical (unpaired) electrons. The largest absolute Gasteiger partial charge is 0.450 e.